The van der Waals surface area contributed by atoms with E-state index in [1.807, 2.05) is 42.7 Å². The minimum atomic E-state index is 0.863. The highest BCUT2D eigenvalue weighted by Gasteiger charge is 2.09. The Balaban J connectivity index is 1.85. The summed E-state index contributed by atoms with van der Waals surface area (Å²) >= 11 is 0. The molecule has 0 atom stereocenters. The average Bonchev–Trinajstić information content (AvgIpc) is 3.06. The number of aryl methyl sites for hydroxylation is 1. The zero-order chi connectivity index (χ0) is 15.6. The van der Waals surface area contributed by atoms with E-state index in [0.29, 0.717) is 0 Å². The van der Waals surface area contributed by atoms with Crippen LogP contribution in [0.2, 0.25) is 0 Å². The van der Waals surface area contributed by atoms with Crippen molar-refractivity contribution >= 4 is 22.4 Å². The second-order valence-corrected chi connectivity index (χ2v) is 5.48. The lowest BCUT2D eigenvalue weighted by molar-refractivity contribution is 1.28. The Morgan fingerprint density at radius 1 is 1.00 bits per heavy atom. The van der Waals surface area contributed by atoms with Crippen molar-refractivity contribution in [3.05, 3.63) is 72.7 Å². The number of nitrogens with zero attached hydrogens (tertiary/aromatic N) is 2. The lowest BCUT2D eigenvalue weighted by atomic mass is 10.1. The molecule has 2 N–H and O–H groups in total. The van der Waals surface area contributed by atoms with Crippen molar-refractivity contribution < 1.29 is 0 Å². The predicted molar refractivity (Wildman–Crippen MR) is 93.8 cm³/mol. The van der Waals surface area contributed by atoms with E-state index in [9.17, 15) is 0 Å². The number of rotatable bonds is 3. The molecular weight excluding hydrogens is 284 g/mol. The summed E-state index contributed by atoms with van der Waals surface area (Å²) in [5.41, 5.74) is 6.09. The summed E-state index contributed by atoms with van der Waals surface area (Å²) in [6.45, 7) is 2.10. The highest BCUT2D eigenvalue weighted by atomic mass is 14.9. The number of para-hydroxylation sites is 1. The van der Waals surface area contributed by atoms with Crippen LogP contribution in [0.15, 0.2) is 67.1 Å². The normalized spacial score (nSPS) is 10.8. The number of anilines is 2. The van der Waals surface area contributed by atoms with Crippen LogP contribution < -0.4 is 5.32 Å². The van der Waals surface area contributed by atoms with Crippen LogP contribution in [0, 0.1) is 6.92 Å². The van der Waals surface area contributed by atoms with Crippen molar-refractivity contribution in [3.8, 4) is 11.3 Å². The number of H-pyrrole nitrogens is 1. The maximum atomic E-state index is 4.69. The van der Waals surface area contributed by atoms with E-state index in [4.69, 9.17) is 4.98 Å². The number of nitrogens with one attached hydrogen (secondary N) is 2. The third-order valence-corrected chi connectivity index (χ3v) is 3.90. The molecule has 0 bridgehead atoms. The molecule has 4 nitrogen and oxygen atoms in total. The summed E-state index contributed by atoms with van der Waals surface area (Å²) in [6, 6.07) is 16.3. The van der Waals surface area contributed by atoms with Crippen LogP contribution in [0.25, 0.3) is 22.3 Å². The molecule has 3 aromatic heterocycles. The molecule has 3 heterocycles. The third kappa shape index (κ3) is 2.55. The number of fused-ring (bicyclic) bond motifs is 1. The summed E-state index contributed by atoms with van der Waals surface area (Å²) in [6.07, 6.45) is 5.51. The monoisotopic (exact) mass is 300 g/mol. The molecule has 0 saturated carbocycles. The van der Waals surface area contributed by atoms with Crippen LogP contribution in [-0.2, 0) is 0 Å². The van der Waals surface area contributed by atoms with Crippen molar-refractivity contribution in [2.24, 2.45) is 0 Å². The van der Waals surface area contributed by atoms with Gasteiger partial charge in [-0.3, -0.25) is 4.98 Å². The fourth-order valence-electron chi connectivity index (χ4n) is 2.66. The van der Waals surface area contributed by atoms with E-state index in [-0.39, 0.29) is 0 Å². The lowest BCUT2D eigenvalue weighted by Crippen LogP contribution is -1.96. The largest absolute Gasteiger partial charge is 0.355 e. The third-order valence-electron chi connectivity index (χ3n) is 3.90. The van der Waals surface area contributed by atoms with Crippen LogP contribution in [0.1, 0.15) is 5.56 Å². The van der Waals surface area contributed by atoms with Gasteiger partial charge in [-0.25, -0.2) is 4.98 Å². The van der Waals surface area contributed by atoms with Crippen molar-refractivity contribution in [1.82, 2.24) is 15.0 Å². The Morgan fingerprint density at radius 3 is 2.74 bits per heavy atom. The zero-order valence-electron chi connectivity index (χ0n) is 12.7. The highest BCUT2D eigenvalue weighted by molar-refractivity contribution is 5.94. The first-order chi connectivity index (χ1) is 11.3. The molecule has 0 saturated heterocycles. The smallest absolute Gasteiger partial charge is 0.140 e. The molecule has 0 aliphatic rings. The quantitative estimate of drug-likeness (QED) is 0.577. The zero-order valence-corrected chi connectivity index (χ0v) is 12.7. The van der Waals surface area contributed by atoms with Crippen LogP contribution >= 0.6 is 0 Å². The first-order valence-electron chi connectivity index (χ1n) is 7.52. The predicted octanol–water partition coefficient (Wildman–Crippen LogP) is 4.68. The van der Waals surface area contributed by atoms with Gasteiger partial charge >= 0.3 is 0 Å². The first-order valence-corrected chi connectivity index (χ1v) is 7.52. The van der Waals surface area contributed by atoms with E-state index in [2.05, 4.69) is 40.4 Å². The van der Waals surface area contributed by atoms with Gasteiger partial charge in [-0.15, -0.1) is 0 Å². The van der Waals surface area contributed by atoms with E-state index in [1.54, 1.807) is 6.20 Å². The van der Waals surface area contributed by atoms with E-state index in [1.165, 1.54) is 5.56 Å². The van der Waals surface area contributed by atoms with E-state index < -0.39 is 0 Å². The van der Waals surface area contributed by atoms with Crippen LogP contribution in [-0.4, -0.2) is 15.0 Å². The average molecular weight is 300 g/mol. The minimum absolute atomic E-state index is 0.863. The molecule has 23 heavy (non-hydrogen) atoms. The Hall–Kier alpha value is -3.14. The molecule has 0 spiro atoms. The van der Waals surface area contributed by atoms with Crippen LogP contribution in [0.3, 0.4) is 0 Å². The fourth-order valence-corrected chi connectivity index (χ4v) is 2.66. The number of aromatic nitrogens is 3. The number of pyridine rings is 2. The molecule has 0 aliphatic carbocycles. The van der Waals surface area contributed by atoms with Gasteiger partial charge < -0.3 is 10.3 Å². The second kappa shape index (κ2) is 5.57. The lowest BCUT2D eigenvalue weighted by Gasteiger charge is -2.12. The molecular formula is C19H16N4. The van der Waals surface area contributed by atoms with Crippen molar-refractivity contribution in [2.45, 2.75) is 6.92 Å². The molecule has 0 aliphatic heterocycles. The van der Waals surface area contributed by atoms with Gasteiger partial charge in [-0.1, -0.05) is 18.2 Å². The van der Waals surface area contributed by atoms with Gasteiger partial charge in [0.1, 0.15) is 5.65 Å². The van der Waals surface area contributed by atoms with Crippen molar-refractivity contribution in [1.29, 1.82) is 0 Å². The highest BCUT2D eigenvalue weighted by Crippen LogP contribution is 2.30. The molecule has 0 fully saturated rings. The SMILES string of the molecule is Cc1ccccc1Nc1cc(-c2cccnc2)nc2[nH]ccc12. The number of hydrogen-bond donors (Lipinski definition) is 2. The molecule has 0 unspecified atom stereocenters. The van der Waals surface area contributed by atoms with Crippen LogP contribution in [0.4, 0.5) is 11.4 Å². The summed E-state index contributed by atoms with van der Waals surface area (Å²) in [5.74, 6) is 0. The summed E-state index contributed by atoms with van der Waals surface area (Å²) in [4.78, 5) is 12.1. The molecule has 0 radical (unpaired) electrons. The Kier molecular flexibility index (Phi) is 3.27. The molecule has 4 heteroatoms. The number of benzene rings is 1. The van der Waals surface area contributed by atoms with Gasteiger partial charge in [0, 0.05) is 35.2 Å². The minimum Gasteiger partial charge on any atom is -0.355 e. The molecule has 4 aromatic rings. The van der Waals surface area contributed by atoms with Crippen molar-refractivity contribution in [2.75, 3.05) is 5.32 Å². The van der Waals surface area contributed by atoms with E-state index in [0.717, 1.165) is 33.7 Å². The fraction of sp³-hybridized carbons (Fsp3) is 0.0526. The number of aromatic amines is 1. The van der Waals surface area contributed by atoms with E-state index >= 15 is 0 Å². The molecule has 1 aromatic carbocycles. The van der Waals surface area contributed by atoms with Gasteiger partial charge in [-0.2, -0.15) is 0 Å². The molecule has 112 valence electrons. The van der Waals surface area contributed by atoms with Crippen LogP contribution in [0.5, 0.6) is 0 Å². The van der Waals surface area contributed by atoms with Crippen molar-refractivity contribution in [3.63, 3.8) is 0 Å². The standard InChI is InChI=1S/C19H16N4/c1-13-5-2-3-7-16(13)22-18-11-17(14-6-4-9-20-12-14)23-19-15(18)8-10-21-19/h2-12H,1H3,(H2,21,22,23). The molecule has 4 rings (SSSR count). The van der Waals surface area contributed by atoms with Gasteiger partial charge in [0.25, 0.3) is 0 Å². The second-order valence-electron chi connectivity index (χ2n) is 5.48. The Labute approximate surface area is 134 Å². The first kappa shape index (κ1) is 13.5. The van der Waals surface area contributed by atoms with Gasteiger partial charge in [0.15, 0.2) is 0 Å². The summed E-state index contributed by atoms with van der Waals surface area (Å²) in [5, 5.41) is 4.60. The maximum absolute atomic E-state index is 4.69. The molecule has 0 amide bonds. The topological polar surface area (TPSA) is 53.6 Å². The summed E-state index contributed by atoms with van der Waals surface area (Å²) < 4.78 is 0. The maximum Gasteiger partial charge on any atom is 0.140 e. The number of hydrogen-bond acceptors (Lipinski definition) is 3. The van der Waals surface area contributed by atoms with Gasteiger partial charge in [0.2, 0.25) is 0 Å². The van der Waals surface area contributed by atoms with Gasteiger partial charge in [0.05, 0.1) is 11.4 Å². The Morgan fingerprint density at radius 2 is 1.91 bits per heavy atom. The van der Waals surface area contributed by atoms with Gasteiger partial charge in [-0.05, 0) is 42.8 Å². The Bertz CT molecular complexity index is 957. The summed E-state index contributed by atoms with van der Waals surface area (Å²) in [7, 11) is 0.